The summed E-state index contributed by atoms with van der Waals surface area (Å²) in [6.45, 7) is 6.27. The maximum atomic E-state index is 14.1. The highest BCUT2D eigenvalue weighted by Gasteiger charge is 2.87. The zero-order valence-electron chi connectivity index (χ0n) is 17.3. The number of alkyl halides is 11. The lowest BCUT2D eigenvalue weighted by molar-refractivity contribution is -0.408. The fraction of sp³-hybridized carbons (Fsp3) is 0.667. The molecule has 0 saturated carbocycles. The zero-order valence-corrected chi connectivity index (χ0v) is 17.3. The molecule has 0 heterocycles. The molecule has 0 amide bonds. The van der Waals surface area contributed by atoms with Crippen LogP contribution in [-0.2, 0) is 19.1 Å². The Kier molecular flexibility index (Phi) is 9.17. The predicted molar refractivity (Wildman–Crippen MR) is 90.4 cm³/mol. The lowest BCUT2D eigenvalue weighted by Gasteiger charge is -2.40. The van der Waals surface area contributed by atoms with Crippen molar-refractivity contribution in [3.63, 3.8) is 0 Å². The number of carbonyl (C=O) groups is 2. The number of carbonyl (C=O) groups excluding carboxylic acids is 2. The van der Waals surface area contributed by atoms with Gasteiger partial charge in [0.25, 0.3) is 0 Å². The summed E-state index contributed by atoms with van der Waals surface area (Å²) in [6, 6.07) is 0. The molecule has 0 aromatic heterocycles. The minimum Gasteiger partial charge on any atom is -0.458 e. The van der Waals surface area contributed by atoms with Crippen LogP contribution in [0.5, 0.6) is 0 Å². The molecule has 0 aliphatic rings. The van der Waals surface area contributed by atoms with Gasteiger partial charge in [0, 0.05) is 11.1 Å². The van der Waals surface area contributed by atoms with E-state index in [1.807, 2.05) is 0 Å². The summed E-state index contributed by atoms with van der Waals surface area (Å²) in [7, 11) is 0. The summed E-state index contributed by atoms with van der Waals surface area (Å²) < 4.78 is 158. The summed E-state index contributed by atoms with van der Waals surface area (Å²) in [4.78, 5) is 22.8. The lowest BCUT2D eigenvalue weighted by atomic mass is 9.90. The van der Waals surface area contributed by atoms with Crippen LogP contribution >= 0.6 is 0 Å². The lowest BCUT2D eigenvalue weighted by Crippen LogP contribution is -2.69. The molecule has 0 saturated heterocycles. The van der Waals surface area contributed by atoms with E-state index in [4.69, 9.17) is 0 Å². The van der Waals surface area contributed by atoms with Gasteiger partial charge in [0.15, 0.2) is 6.17 Å². The average Bonchev–Trinajstić information content (AvgIpc) is 2.64. The van der Waals surface area contributed by atoms with Crippen molar-refractivity contribution < 1.29 is 67.4 Å². The van der Waals surface area contributed by atoms with Gasteiger partial charge >= 0.3 is 41.6 Å². The molecule has 0 unspecified atom stereocenters. The second kappa shape index (κ2) is 9.87. The largest absolute Gasteiger partial charge is 0.458 e. The molecule has 15 heteroatoms. The maximum Gasteiger partial charge on any atom is 0.384 e. The van der Waals surface area contributed by atoms with Gasteiger partial charge in [-0.15, -0.1) is 0 Å². The summed E-state index contributed by atoms with van der Waals surface area (Å²) in [5.74, 6) is -37.6. The number of halogens is 11. The molecular weight excluding hydrogens is 489 g/mol. The van der Waals surface area contributed by atoms with Crippen molar-refractivity contribution in [3.8, 4) is 0 Å². The average molecular weight is 508 g/mol. The molecule has 0 bridgehead atoms. The third-order valence-corrected chi connectivity index (χ3v) is 4.02. The Bertz CT molecular complexity index is 775. The Morgan fingerprint density at radius 2 is 1.21 bits per heavy atom. The molecule has 0 spiro atoms. The Morgan fingerprint density at radius 3 is 1.58 bits per heavy atom. The van der Waals surface area contributed by atoms with E-state index >= 15 is 0 Å². The van der Waals surface area contributed by atoms with Gasteiger partial charge in [0.2, 0.25) is 0 Å². The first-order valence-electron chi connectivity index (χ1n) is 8.69. The van der Waals surface area contributed by atoms with Crippen molar-refractivity contribution in [2.45, 2.75) is 69.1 Å². The normalized spacial score (nSPS) is 15.5. The molecule has 0 aliphatic heterocycles. The van der Waals surface area contributed by atoms with Crippen molar-refractivity contribution in [1.82, 2.24) is 0 Å². The van der Waals surface area contributed by atoms with Gasteiger partial charge in [-0.05, 0) is 20.8 Å². The van der Waals surface area contributed by atoms with Gasteiger partial charge in [-0.2, -0.15) is 43.9 Å². The SMILES string of the molecule is C=C(C)C(=O)OC[C@@H](CC(F)(F)C(F)(F)C(F)(F)C(F)(F)C(F)(F)[C@@H](C)F)OC(=O)C(=C)C. The highest BCUT2D eigenvalue weighted by atomic mass is 19.4. The Morgan fingerprint density at radius 1 is 0.788 bits per heavy atom. The van der Waals surface area contributed by atoms with Gasteiger partial charge < -0.3 is 9.47 Å². The van der Waals surface area contributed by atoms with Crippen LogP contribution in [0, 0.1) is 0 Å². The fourth-order valence-corrected chi connectivity index (χ4v) is 1.98. The number of ether oxygens (including phenoxy) is 2. The van der Waals surface area contributed by atoms with E-state index in [9.17, 15) is 57.9 Å². The predicted octanol–water partition coefficient (Wildman–Crippen LogP) is 5.52. The molecule has 33 heavy (non-hydrogen) atoms. The van der Waals surface area contributed by atoms with E-state index < -0.39 is 72.4 Å². The van der Waals surface area contributed by atoms with E-state index in [1.54, 1.807) is 0 Å². The Labute approximate surface area is 180 Å². The molecule has 192 valence electrons. The molecule has 0 radical (unpaired) electrons. The molecule has 0 aromatic carbocycles. The zero-order chi connectivity index (χ0) is 26.8. The van der Waals surface area contributed by atoms with E-state index in [0.717, 1.165) is 13.8 Å². The van der Waals surface area contributed by atoms with Crippen LogP contribution < -0.4 is 0 Å². The van der Waals surface area contributed by atoms with Gasteiger partial charge in [0.1, 0.15) is 12.7 Å². The summed E-state index contributed by atoms with van der Waals surface area (Å²) in [5.41, 5.74) is -0.874. The van der Waals surface area contributed by atoms with E-state index in [1.165, 1.54) is 0 Å². The van der Waals surface area contributed by atoms with Crippen molar-refractivity contribution in [3.05, 3.63) is 24.3 Å². The second-order valence-electron chi connectivity index (χ2n) is 7.06. The number of hydrogen-bond donors (Lipinski definition) is 0. The van der Waals surface area contributed by atoms with Crippen LogP contribution in [-0.4, -0.2) is 60.4 Å². The standard InChI is InChI=1S/C18H19F11O4/c1-8(2)12(30)32-7-11(33-13(31)9(3)4)6-14(20,21)16(24,25)18(28,29)17(26,27)15(22,23)10(5)19/h10-11H,1,3,6-7H2,2,4-5H3/t10-,11-/m1/s1. The quantitative estimate of drug-likeness (QED) is 0.198. The molecule has 0 rings (SSSR count). The molecule has 0 N–H and O–H groups in total. The van der Waals surface area contributed by atoms with Crippen LogP contribution in [0.15, 0.2) is 24.3 Å². The first kappa shape index (κ1) is 30.6. The van der Waals surface area contributed by atoms with E-state index in [-0.39, 0.29) is 12.5 Å². The van der Waals surface area contributed by atoms with Crippen molar-refractivity contribution >= 4 is 11.9 Å². The van der Waals surface area contributed by atoms with E-state index in [2.05, 4.69) is 22.6 Å². The molecule has 2 atom stereocenters. The monoisotopic (exact) mass is 508 g/mol. The van der Waals surface area contributed by atoms with Crippen molar-refractivity contribution in [2.75, 3.05) is 6.61 Å². The first-order valence-corrected chi connectivity index (χ1v) is 8.69. The minimum absolute atomic E-state index is 0.356. The third kappa shape index (κ3) is 5.96. The summed E-state index contributed by atoms with van der Waals surface area (Å²) in [5, 5.41) is 0. The molecule has 0 aromatic rings. The van der Waals surface area contributed by atoms with Crippen LogP contribution in [0.2, 0.25) is 0 Å². The molecule has 4 nitrogen and oxygen atoms in total. The second-order valence-corrected chi connectivity index (χ2v) is 7.06. The maximum absolute atomic E-state index is 14.1. The summed E-state index contributed by atoms with van der Waals surface area (Å²) >= 11 is 0. The molecule has 0 fully saturated rings. The topological polar surface area (TPSA) is 52.6 Å². The fourth-order valence-electron chi connectivity index (χ4n) is 1.98. The first-order chi connectivity index (χ1) is 14.5. The Hall–Kier alpha value is -2.35. The number of esters is 2. The number of rotatable bonds is 12. The Balaban J connectivity index is 6.17. The van der Waals surface area contributed by atoms with Gasteiger partial charge in [-0.1, -0.05) is 13.2 Å². The highest BCUT2D eigenvalue weighted by Crippen LogP contribution is 2.58. The van der Waals surface area contributed by atoms with Crippen LogP contribution in [0.1, 0.15) is 27.2 Å². The number of hydrogen-bond acceptors (Lipinski definition) is 4. The van der Waals surface area contributed by atoms with Crippen molar-refractivity contribution in [2.24, 2.45) is 0 Å². The smallest absolute Gasteiger partial charge is 0.384 e. The summed E-state index contributed by atoms with van der Waals surface area (Å²) in [6.07, 6.45) is -9.47. The van der Waals surface area contributed by atoms with Gasteiger partial charge in [-0.3, -0.25) is 0 Å². The molecule has 0 aliphatic carbocycles. The minimum atomic E-state index is -7.50. The van der Waals surface area contributed by atoms with E-state index in [0.29, 0.717) is 0 Å². The van der Waals surface area contributed by atoms with Gasteiger partial charge in [-0.25, -0.2) is 14.0 Å². The van der Waals surface area contributed by atoms with Crippen molar-refractivity contribution in [1.29, 1.82) is 0 Å². The van der Waals surface area contributed by atoms with Crippen LogP contribution in [0.25, 0.3) is 0 Å². The van der Waals surface area contributed by atoms with Crippen LogP contribution in [0.3, 0.4) is 0 Å². The third-order valence-electron chi connectivity index (χ3n) is 4.02. The van der Waals surface area contributed by atoms with Crippen LogP contribution in [0.4, 0.5) is 48.3 Å². The highest BCUT2D eigenvalue weighted by molar-refractivity contribution is 5.87. The van der Waals surface area contributed by atoms with Gasteiger partial charge in [0.05, 0.1) is 6.42 Å². The molecular formula is C18H19F11O4.